The summed E-state index contributed by atoms with van der Waals surface area (Å²) in [5.74, 6) is 0.747. The van der Waals surface area contributed by atoms with Crippen molar-refractivity contribution in [3.8, 4) is 0 Å². The Kier molecular flexibility index (Phi) is 5.62. The lowest BCUT2D eigenvalue weighted by atomic mass is 10.1. The first-order valence-corrected chi connectivity index (χ1v) is 7.48. The Morgan fingerprint density at radius 1 is 1.25 bits per heavy atom. The largest absolute Gasteiger partial charge is 0.383 e. The molecule has 0 amide bonds. The average molecular weight is 274 g/mol. The molecule has 20 heavy (non-hydrogen) atoms. The summed E-state index contributed by atoms with van der Waals surface area (Å²) in [6.07, 6.45) is 3.43. The van der Waals surface area contributed by atoms with Crippen LogP contribution in [0.3, 0.4) is 0 Å². The number of fused-ring (bicyclic) bond motifs is 1. The highest BCUT2D eigenvalue weighted by atomic mass is 16.5. The summed E-state index contributed by atoms with van der Waals surface area (Å²) in [6, 6.07) is 8.95. The molecule has 2 aromatic rings. The molecule has 2 rings (SSSR count). The van der Waals surface area contributed by atoms with E-state index in [-0.39, 0.29) is 0 Å². The summed E-state index contributed by atoms with van der Waals surface area (Å²) in [5, 5.41) is 4.72. The van der Waals surface area contributed by atoms with E-state index in [1.807, 2.05) is 0 Å². The van der Waals surface area contributed by atoms with Gasteiger partial charge >= 0.3 is 0 Å². The molecule has 110 valence electrons. The third-order valence-corrected chi connectivity index (χ3v) is 3.59. The maximum Gasteiger partial charge on any atom is 0.0587 e. The normalized spacial score (nSPS) is 11.6. The van der Waals surface area contributed by atoms with Gasteiger partial charge in [-0.25, -0.2) is 0 Å². The highest BCUT2D eigenvalue weighted by Gasteiger charge is 2.03. The summed E-state index contributed by atoms with van der Waals surface area (Å²) in [7, 11) is 1.73. The van der Waals surface area contributed by atoms with Gasteiger partial charge in [0.2, 0.25) is 0 Å². The number of nitrogens with one attached hydrogen (secondary N) is 1. The van der Waals surface area contributed by atoms with Gasteiger partial charge in [0.05, 0.1) is 6.61 Å². The molecule has 1 N–H and O–H groups in total. The first-order chi connectivity index (χ1) is 9.70. The zero-order valence-electron chi connectivity index (χ0n) is 12.9. The minimum absolute atomic E-state index is 0.747. The second kappa shape index (κ2) is 7.46. The van der Waals surface area contributed by atoms with Crippen molar-refractivity contribution in [2.24, 2.45) is 5.92 Å². The Balaban J connectivity index is 2.00. The van der Waals surface area contributed by atoms with E-state index in [1.54, 1.807) is 7.11 Å². The maximum atomic E-state index is 5.03. The van der Waals surface area contributed by atoms with Crippen LogP contribution < -0.4 is 5.32 Å². The Morgan fingerprint density at radius 3 is 2.85 bits per heavy atom. The van der Waals surface area contributed by atoms with Crippen LogP contribution >= 0.6 is 0 Å². The summed E-state index contributed by atoms with van der Waals surface area (Å²) < 4.78 is 7.39. The fraction of sp³-hybridized carbons (Fsp3) is 0.529. The molecular formula is C17H26N2O. The molecule has 3 nitrogen and oxygen atoms in total. The van der Waals surface area contributed by atoms with E-state index in [2.05, 4.69) is 54.2 Å². The maximum absolute atomic E-state index is 5.03. The summed E-state index contributed by atoms with van der Waals surface area (Å²) in [5.41, 5.74) is 2.67. The van der Waals surface area contributed by atoms with Crippen molar-refractivity contribution in [1.29, 1.82) is 0 Å². The molecule has 1 heterocycles. The predicted octanol–water partition coefficient (Wildman–Crippen LogP) is 3.42. The van der Waals surface area contributed by atoms with Crippen molar-refractivity contribution < 1.29 is 4.74 Å². The van der Waals surface area contributed by atoms with Crippen LogP contribution in [0.1, 0.15) is 25.8 Å². The number of ether oxygens (including phenoxy) is 1. The van der Waals surface area contributed by atoms with Gasteiger partial charge in [-0.3, -0.25) is 0 Å². The molecule has 0 atom stereocenters. The number of hydrogen-bond acceptors (Lipinski definition) is 2. The molecule has 0 aliphatic carbocycles. The van der Waals surface area contributed by atoms with Gasteiger partial charge in [-0.15, -0.1) is 0 Å². The minimum atomic E-state index is 0.747. The highest BCUT2D eigenvalue weighted by Crippen LogP contribution is 2.19. The standard InChI is InChI=1S/C17H26N2O/c1-14(2)6-9-19-10-7-16-12-15(4-5-17(16)19)13-18-8-11-20-3/h4-5,7,10,12,14,18H,6,8-9,11,13H2,1-3H3. The number of rotatable bonds is 8. The molecule has 1 aromatic carbocycles. The van der Waals surface area contributed by atoms with E-state index in [9.17, 15) is 0 Å². The third kappa shape index (κ3) is 4.09. The second-order valence-corrected chi connectivity index (χ2v) is 5.75. The number of hydrogen-bond donors (Lipinski definition) is 1. The van der Waals surface area contributed by atoms with Crippen LogP contribution in [0, 0.1) is 5.92 Å². The van der Waals surface area contributed by atoms with E-state index in [1.165, 1.54) is 22.9 Å². The number of aromatic nitrogens is 1. The lowest BCUT2D eigenvalue weighted by Crippen LogP contribution is -2.18. The lowest BCUT2D eigenvalue weighted by molar-refractivity contribution is 0.199. The van der Waals surface area contributed by atoms with Gasteiger partial charge in [-0.05, 0) is 41.5 Å². The zero-order chi connectivity index (χ0) is 14.4. The van der Waals surface area contributed by atoms with E-state index < -0.39 is 0 Å². The van der Waals surface area contributed by atoms with Crippen LogP contribution in [0.2, 0.25) is 0 Å². The molecule has 0 bridgehead atoms. The number of methoxy groups -OCH3 is 1. The van der Waals surface area contributed by atoms with E-state index in [4.69, 9.17) is 4.74 Å². The molecule has 0 saturated heterocycles. The van der Waals surface area contributed by atoms with E-state index in [0.717, 1.165) is 32.2 Å². The first-order valence-electron chi connectivity index (χ1n) is 7.48. The number of aryl methyl sites for hydroxylation is 1. The first kappa shape index (κ1) is 15.1. The highest BCUT2D eigenvalue weighted by molar-refractivity contribution is 5.80. The number of nitrogens with zero attached hydrogens (tertiary/aromatic N) is 1. The predicted molar refractivity (Wildman–Crippen MR) is 85.0 cm³/mol. The monoisotopic (exact) mass is 274 g/mol. The van der Waals surface area contributed by atoms with Gasteiger partial charge in [0.25, 0.3) is 0 Å². The van der Waals surface area contributed by atoms with Crippen molar-refractivity contribution in [1.82, 2.24) is 9.88 Å². The van der Waals surface area contributed by atoms with Crippen LogP contribution in [-0.4, -0.2) is 24.8 Å². The molecule has 0 spiro atoms. The van der Waals surface area contributed by atoms with Crippen molar-refractivity contribution in [2.75, 3.05) is 20.3 Å². The number of benzene rings is 1. The van der Waals surface area contributed by atoms with Crippen LogP contribution in [0.5, 0.6) is 0 Å². The van der Waals surface area contributed by atoms with Gasteiger partial charge in [0.1, 0.15) is 0 Å². The molecule has 0 fully saturated rings. The summed E-state index contributed by atoms with van der Waals surface area (Å²) in [6.45, 7) is 8.20. The van der Waals surface area contributed by atoms with E-state index in [0.29, 0.717) is 0 Å². The molecular weight excluding hydrogens is 248 g/mol. The zero-order valence-corrected chi connectivity index (χ0v) is 12.9. The quantitative estimate of drug-likeness (QED) is 0.746. The Labute approximate surface area is 121 Å². The Bertz CT molecular complexity index is 531. The molecule has 0 radical (unpaired) electrons. The Hall–Kier alpha value is -1.32. The van der Waals surface area contributed by atoms with Crippen LogP contribution in [0.15, 0.2) is 30.5 Å². The van der Waals surface area contributed by atoms with Gasteiger partial charge in [0, 0.05) is 38.5 Å². The van der Waals surface area contributed by atoms with Gasteiger partial charge in [0.15, 0.2) is 0 Å². The van der Waals surface area contributed by atoms with Gasteiger partial charge in [-0.1, -0.05) is 19.9 Å². The van der Waals surface area contributed by atoms with Crippen molar-refractivity contribution in [2.45, 2.75) is 33.4 Å². The summed E-state index contributed by atoms with van der Waals surface area (Å²) in [4.78, 5) is 0. The minimum Gasteiger partial charge on any atom is -0.383 e. The Morgan fingerprint density at radius 2 is 2.10 bits per heavy atom. The fourth-order valence-electron chi connectivity index (χ4n) is 2.36. The SMILES string of the molecule is COCCNCc1ccc2c(ccn2CCC(C)C)c1. The van der Waals surface area contributed by atoms with Crippen LogP contribution in [0.4, 0.5) is 0 Å². The molecule has 0 unspecified atom stereocenters. The molecule has 0 aliphatic rings. The smallest absolute Gasteiger partial charge is 0.0587 e. The molecule has 1 aromatic heterocycles. The molecule has 0 saturated carbocycles. The van der Waals surface area contributed by atoms with Crippen molar-refractivity contribution in [3.05, 3.63) is 36.0 Å². The lowest BCUT2D eigenvalue weighted by Gasteiger charge is -2.09. The van der Waals surface area contributed by atoms with E-state index >= 15 is 0 Å². The topological polar surface area (TPSA) is 26.2 Å². The van der Waals surface area contributed by atoms with Gasteiger partial charge < -0.3 is 14.6 Å². The fourth-order valence-corrected chi connectivity index (χ4v) is 2.36. The van der Waals surface area contributed by atoms with Crippen LogP contribution in [0.25, 0.3) is 10.9 Å². The van der Waals surface area contributed by atoms with Crippen molar-refractivity contribution >= 4 is 10.9 Å². The molecule has 0 aliphatic heterocycles. The third-order valence-electron chi connectivity index (χ3n) is 3.59. The summed E-state index contributed by atoms with van der Waals surface area (Å²) >= 11 is 0. The van der Waals surface area contributed by atoms with Crippen molar-refractivity contribution in [3.63, 3.8) is 0 Å². The van der Waals surface area contributed by atoms with Crippen LogP contribution in [-0.2, 0) is 17.8 Å². The van der Waals surface area contributed by atoms with Gasteiger partial charge in [-0.2, -0.15) is 0 Å². The average Bonchev–Trinajstić information content (AvgIpc) is 2.84. The molecule has 3 heteroatoms. The second-order valence-electron chi connectivity index (χ2n) is 5.75.